The molecule has 5 heteroatoms. The minimum Gasteiger partial charge on any atom is -0.484 e. The Balaban J connectivity index is 1.37. The molecule has 5 aromatic rings. The average molecular weight is 583 g/mol. The van der Waals surface area contributed by atoms with E-state index in [9.17, 15) is 9.59 Å². The Hall–Kier alpha value is -4.90. The average Bonchev–Trinajstić information content (AvgIpc) is 3.05. The Morgan fingerprint density at radius 1 is 0.818 bits per heavy atom. The second-order valence-corrected chi connectivity index (χ2v) is 11.7. The smallest absolute Gasteiger partial charge is 0.265 e. The Kier molecular flexibility index (Phi) is 8.21. The van der Waals surface area contributed by atoms with Crippen LogP contribution < -0.4 is 14.5 Å². The van der Waals surface area contributed by atoms with Gasteiger partial charge in [-0.15, -0.1) is 0 Å². The largest absolute Gasteiger partial charge is 0.484 e. The number of carbonyl (C=O) groups excluding carboxylic acids is 2. The lowest BCUT2D eigenvalue weighted by atomic mass is 9.87. The molecule has 1 aliphatic rings. The summed E-state index contributed by atoms with van der Waals surface area (Å²) < 4.78 is 6.13. The molecule has 0 spiro atoms. The van der Waals surface area contributed by atoms with Crippen molar-refractivity contribution in [3.8, 4) is 5.75 Å². The predicted octanol–water partition coefficient (Wildman–Crippen LogP) is 8.61. The van der Waals surface area contributed by atoms with E-state index in [0.29, 0.717) is 17.7 Å². The van der Waals surface area contributed by atoms with Crippen molar-refractivity contribution >= 4 is 34.0 Å². The number of hydrogen-bond acceptors (Lipinski definition) is 3. The topological polar surface area (TPSA) is 49.9 Å². The molecule has 44 heavy (non-hydrogen) atoms. The predicted molar refractivity (Wildman–Crippen MR) is 179 cm³/mol. The Morgan fingerprint density at radius 2 is 1.52 bits per heavy atom. The van der Waals surface area contributed by atoms with Gasteiger partial charge in [-0.25, -0.2) is 0 Å². The van der Waals surface area contributed by atoms with Crippen molar-refractivity contribution in [2.45, 2.75) is 52.6 Å². The van der Waals surface area contributed by atoms with Crippen molar-refractivity contribution in [3.63, 3.8) is 0 Å². The van der Waals surface area contributed by atoms with Gasteiger partial charge in [0.15, 0.2) is 6.61 Å². The number of nitrogens with zero attached hydrogens (tertiary/aromatic N) is 2. The molecular formula is C39H38N2O3. The number of aryl methyl sites for hydroxylation is 3. The van der Waals surface area contributed by atoms with E-state index in [2.05, 4.69) is 26.0 Å². The summed E-state index contributed by atoms with van der Waals surface area (Å²) >= 11 is 0. The fourth-order valence-electron chi connectivity index (χ4n) is 6.41. The lowest BCUT2D eigenvalue weighted by Crippen LogP contribution is -2.49. The molecule has 2 atom stereocenters. The van der Waals surface area contributed by atoms with Crippen LogP contribution in [0.4, 0.5) is 11.4 Å². The maximum atomic E-state index is 14.3. The van der Waals surface area contributed by atoms with Gasteiger partial charge in [-0.05, 0) is 97.0 Å². The number of anilines is 2. The van der Waals surface area contributed by atoms with E-state index >= 15 is 0 Å². The van der Waals surface area contributed by atoms with E-state index < -0.39 is 0 Å². The van der Waals surface area contributed by atoms with Gasteiger partial charge in [0.25, 0.3) is 11.8 Å². The second kappa shape index (κ2) is 12.4. The molecule has 0 fully saturated rings. The number of hydrogen-bond donors (Lipinski definition) is 0. The first-order valence-electron chi connectivity index (χ1n) is 15.4. The van der Waals surface area contributed by atoms with Crippen molar-refractivity contribution in [1.29, 1.82) is 0 Å². The fourth-order valence-corrected chi connectivity index (χ4v) is 6.41. The standard InChI is InChI=1S/C39H38N2O3/c1-5-29-17-19-31(20-18-29)39(43)40-28(4)23-36(34-15-10-12-27(3)38(34)40)41(35-16-9-6-11-26(35)2)37(42)25-44-33-22-21-30-13-7-8-14-32(30)24-33/h6-22,24,28,36H,5,23,25H2,1-4H3/t28-,36+/m1/s1. The zero-order valence-corrected chi connectivity index (χ0v) is 25.8. The van der Waals surface area contributed by atoms with Crippen molar-refractivity contribution in [2.24, 2.45) is 0 Å². The first-order chi connectivity index (χ1) is 21.4. The summed E-state index contributed by atoms with van der Waals surface area (Å²) in [5.41, 5.74) is 6.55. The van der Waals surface area contributed by atoms with Crippen LogP contribution in [0.2, 0.25) is 0 Å². The van der Waals surface area contributed by atoms with Gasteiger partial charge >= 0.3 is 0 Å². The highest BCUT2D eigenvalue weighted by Crippen LogP contribution is 2.45. The molecule has 222 valence electrons. The first kappa shape index (κ1) is 29.2. The Bertz CT molecular complexity index is 1830. The van der Waals surface area contributed by atoms with E-state index in [1.165, 1.54) is 5.56 Å². The van der Waals surface area contributed by atoms with Crippen molar-refractivity contribution in [3.05, 3.63) is 137 Å². The summed E-state index contributed by atoms with van der Waals surface area (Å²) in [5.74, 6) is 0.496. The lowest BCUT2D eigenvalue weighted by molar-refractivity contribution is -0.121. The molecule has 5 aromatic carbocycles. The number of ether oxygens (including phenoxy) is 1. The molecule has 0 saturated heterocycles. The number of carbonyl (C=O) groups is 2. The highest BCUT2D eigenvalue weighted by atomic mass is 16.5. The molecule has 0 saturated carbocycles. The van der Waals surface area contributed by atoms with Crippen LogP contribution in [0.25, 0.3) is 10.8 Å². The maximum absolute atomic E-state index is 14.3. The van der Waals surface area contributed by atoms with E-state index in [1.54, 1.807) is 0 Å². The van der Waals surface area contributed by atoms with Crippen LogP contribution in [0.1, 0.15) is 58.9 Å². The monoisotopic (exact) mass is 582 g/mol. The molecule has 0 N–H and O–H groups in total. The van der Waals surface area contributed by atoms with Gasteiger partial charge in [-0.2, -0.15) is 0 Å². The van der Waals surface area contributed by atoms with Gasteiger partial charge in [0.05, 0.1) is 11.7 Å². The molecule has 1 aliphatic heterocycles. The van der Waals surface area contributed by atoms with E-state index in [1.807, 2.05) is 121 Å². The van der Waals surface area contributed by atoms with E-state index in [-0.39, 0.29) is 30.5 Å². The third-order valence-corrected chi connectivity index (χ3v) is 8.74. The highest BCUT2D eigenvalue weighted by Gasteiger charge is 2.40. The van der Waals surface area contributed by atoms with Gasteiger partial charge in [0.1, 0.15) is 5.75 Å². The SMILES string of the molecule is CCc1ccc(C(=O)N2c3c(C)cccc3[C@@H](N(C(=O)COc3ccc4ccccc4c3)c3ccccc3C)C[C@H]2C)cc1. The first-order valence-corrected chi connectivity index (χ1v) is 15.4. The number of rotatable bonds is 7. The summed E-state index contributed by atoms with van der Waals surface area (Å²) in [4.78, 5) is 32.1. The van der Waals surface area contributed by atoms with Crippen LogP contribution in [-0.4, -0.2) is 24.5 Å². The van der Waals surface area contributed by atoms with Crippen LogP contribution in [0.3, 0.4) is 0 Å². The summed E-state index contributed by atoms with van der Waals surface area (Å²) in [5, 5.41) is 2.18. The van der Waals surface area contributed by atoms with Crippen molar-refractivity contribution < 1.29 is 14.3 Å². The lowest BCUT2D eigenvalue weighted by Gasteiger charge is -2.44. The van der Waals surface area contributed by atoms with Crippen LogP contribution in [0, 0.1) is 13.8 Å². The number of para-hydroxylation sites is 2. The normalized spacial score (nSPS) is 16.0. The van der Waals surface area contributed by atoms with Gasteiger partial charge in [0, 0.05) is 17.3 Å². The Morgan fingerprint density at radius 3 is 2.27 bits per heavy atom. The molecule has 0 bridgehead atoms. The number of amides is 2. The summed E-state index contributed by atoms with van der Waals surface area (Å²) in [6.07, 6.45) is 1.51. The van der Waals surface area contributed by atoms with Gasteiger partial charge in [-0.3, -0.25) is 9.59 Å². The maximum Gasteiger partial charge on any atom is 0.265 e. The number of fused-ring (bicyclic) bond motifs is 2. The molecule has 0 radical (unpaired) electrons. The quantitative estimate of drug-likeness (QED) is 0.193. The van der Waals surface area contributed by atoms with Crippen LogP contribution in [0.15, 0.2) is 109 Å². The van der Waals surface area contributed by atoms with E-state index in [0.717, 1.165) is 45.3 Å². The van der Waals surface area contributed by atoms with Gasteiger partial charge in [0.2, 0.25) is 0 Å². The molecule has 5 nitrogen and oxygen atoms in total. The third-order valence-electron chi connectivity index (χ3n) is 8.74. The van der Waals surface area contributed by atoms with Crippen LogP contribution in [0.5, 0.6) is 5.75 Å². The summed E-state index contributed by atoms with van der Waals surface area (Å²) in [6, 6.07) is 35.5. The molecule has 0 aliphatic carbocycles. The summed E-state index contributed by atoms with van der Waals surface area (Å²) in [6.45, 7) is 8.14. The molecule has 0 unspecified atom stereocenters. The molecule has 0 aromatic heterocycles. The number of benzene rings is 5. The van der Waals surface area contributed by atoms with Crippen LogP contribution >= 0.6 is 0 Å². The molecule has 2 amide bonds. The zero-order valence-electron chi connectivity index (χ0n) is 25.8. The highest BCUT2D eigenvalue weighted by molar-refractivity contribution is 6.08. The zero-order chi connectivity index (χ0) is 30.8. The van der Waals surface area contributed by atoms with Crippen LogP contribution in [-0.2, 0) is 11.2 Å². The van der Waals surface area contributed by atoms with Gasteiger partial charge < -0.3 is 14.5 Å². The molecule has 1 heterocycles. The van der Waals surface area contributed by atoms with E-state index in [4.69, 9.17) is 4.74 Å². The van der Waals surface area contributed by atoms with Crippen molar-refractivity contribution in [2.75, 3.05) is 16.4 Å². The minimum atomic E-state index is -0.278. The minimum absolute atomic E-state index is 0.0254. The Labute approximate surface area is 259 Å². The fraction of sp³-hybridized carbons (Fsp3) is 0.231. The third kappa shape index (κ3) is 5.58. The molecule has 6 rings (SSSR count). The van der Waals surface area contributed by atoms with Crippen molar-refractivity contribution in [1.82, 2.24) is 0 Å². The van der Waals surface area contributed by atoms with Gasteiger partial charge in [-0.1, -0.05) is 85.8 Å². The second-order valence-electron chi connectivity index (χ2n) is 11.7. The molecular weight excluding hydrogens is 544 g/mol. The summed E-state index contributed by atoms with van der Waals surface area (Å²) in [7, 11) is 0.